The third-order valence-electron chi connectivity index (χ3n) is 3.53. The van der Waals surface area contributed by atoms with E-state index in [1.54, 1.807) is 12.1 Å². The van der Waals surface area contributed by atoms with Crippen LogP contribution < -0.4 is 15.0 Å². The van der Waals surface area contributed by atoms with Crippen molar-refractivity contribution in [3.63, 3.8) is 0 Å². The van der Waals surface area contributed by atoms with Crippen LogP contribution in [0.25, 0.3) is 0 Å². The number of rotatable bonds is 6. The third kappa shape index (κ3) is 4.07. The highest BCUT2D eigenvalue weighted by Gasteiger charge is 2.22. The van der Waals surface area contributed by atoms with Crippen LogP contribution in [-0.4, -0.2) is 32.3 Å². The quantitative estimate of drug-likeness (QED) is 0.868. The topological polar surface area (TPSA) is 24.5 Å². The highest BCUT2D eigenvalue weighted by Crippen LogP contribution is 2.31. The van der Waals surface area contributed by atoms with Gasteiger partial charge in [-0.1, -0.05) is 19.1 Å². The van der Waals surface area contributed by atoms with Gasteiger partial charge in [0.2, 0.25) is 0 Å². The van der Waals surface area contributed by atoms with Crippen molar-refractivity contribution in [2.24, 2.45) is 0 Å². The molecule has 5 heteroatoms. The standard InChI is InChI=1S/C15H22F2N2O/c1-2-9-18-12-6-5-10-19(11-12)13-7-3-4-8-14(13)20-15(16)17/h3-4,7-8,12,15,18H,2,5-6,9-11H2,1H3. The first-order chi connectivity index (χ1) is 9.70. The van der Waals surface area contributed by atoms with Crippen LogP contribution in [0.3, 0.4) is 0 Å². The monoisotopic (exact) mass is 284 g/mol. The fourth-order valence-corrected chi connectivity index (χ4v) is 2.63. The van der Waals surface area contributed by atoms with Gasteiger partial charge in [-0.3, -0.25) is 0 Å². The Hall–Kier alpha value is -1.36. The smallest absolute Gasteiger partial charge is 0.387 e. The second-order valence-corrected chi connectivity index (χ2v) is 5.09. The summed E-state index contributed by atoms with van der Waals surface area (Å²) in [6, 6.07) is 7.45. The first kappa shape index (κ1) is 15.0. The Labute approximate surface area is 118 Å². The summed E-state index contributed by atoms with van der Waals surface area (Å²) in [6.45, 7) is 2.07. The lowest BCUT2D eigenvalue weighted by Crippen LogP contribution is -2.46. The van der Waals surface area contributed by atoms with Gasteiger partial charge < -0.3 is 15.0 Å². The summed E-state index contributed by atoms with van der Waals surface area (Å²) in [6.07, 6.45) is 3.29. The van der Waals surface area contributed by atoms with Crippen LogP contribution in [0.2, 0.25) is 0 Å². The van der Waals surface area contributed by atoms with Gasteiger partial charge >= 0.3 is 6.61 Å². The van der Waals surface area contributed by atoms with E-state index in [1.165, 1.54) is 0 Å². The molecule has 0 saturated carbocycles. The second kappa shape index (κ2) is 7.43. The number of para-hydroxylation sites is 2. The molecular weight excluding hydrogens is 262 g/mol. The molecule has 1 aliphatic rings. The number of nitrogens with zero attached hydrogens (tertiary/aromatic N) is 1. The van der Waals surface area contributed by atoms with E-state index in [0.29, 0.717) is 6.04 Å². The predicted molar refractivity (Wildman–Crippen MR) is 76.6 cm³/mol. The van der Waals surface area contributed by atoms with Gasteiger partial charge in [-0.15, -0.1) is 0 Å². The summed E-state index contributed by atoms with van der Waals surface area (Å²) in [7, 11) is 0. The Balaban J connectivity index is 2.06. The van der Waals surface area contributed by atoms with Crippen molar-refractivity contribution < 1.29 is 13.5 Å². The predicted octanol–water partition coefficient (Wildman–Crippen LogP) is 3.26. The van der Waals surface area contributed by atoms with E-state index in [-0.39, 0.29) is 5.75 Å². The molecule has 1 heterocycles. The lowest BCUT2D eigenvalue weighted by Gasteiger charge is -2.35. The van der Waals surface area contributed by atoms with E-state index in [9.17, 15) is 8.78 Å². The molecule has 112 valence electrons. The molecule has 1 atom stereocenters. The molecule has 0 bridgehead atoms. The second-order valence-electron chi connectivity index (χ2n) is 5.09. The lowest BCUT2D eigenvalue weighted by atomic mass is 10.0. The maximum atomic E-state index is 12.5. The van der Waals surface area contributed by atoms with Crippen molar-refractivity contribution in [2.75, 3.05) is 24.5 Å². The molecule has 0 aromatic heterocycles. The van der Waals surface area contributed by atoms with Crippen molar-refractivity contribution in [3.05, 3.63) is 24.3 Å². The average molecular weight is 284 g/mol. The van der Waals surface area contributed by atoms with Gasteiger partial charge in [0.05, 0.1) is 5.69 Å². The Kier molecular flexibility index (Phi) is 5.59. The zero-order chi connectivity index (χ0) is 14.4. The number of hydrogen-bond acceptors (Lipinski definition) is 3. The van der Waals surface area contributed by atoms with Gasteiger partial charge in [0, 0.05) is 19.1 Å². The van der Waals surface area contributed by atoms with Gasteiger partial charge in [-0.2, -0.15) is 8.78 Å². The summed E-state index contributed by atoms with van der Waals surface area (Å²) in [5.74, 6) is 0.263. The minimum atomic E-state index is -2.78. The summed E-state index contributed by atoms with van der Waals surface area (Å²) in [4.78, 5) is 2.13. The third-order valence-corrected chi connectivity index (χ3v) is 3.53. The van der Waals surface area contributed by atoms with Crippen molar-refractivity contribution in [3.8, 4) is 5.75 Å². The maximum absolute atomic E-state index is 12.5. The first-order valence-corrected chi connectivity index (χ1v) is 7.23. The minimum absolute atomic E-state index is 0.263. The SMILES string of the molecule is CCCNC1CCCN(c2ccccc2OC(F)F)C1. The molecule has 0 aliphatic carbocycles. The van der Waals surface area contributed by atoms with Gasteiger partial charge in [-0.25, -0.2) is 0 Å². The van der Waals surface area contributed by atoms with Crippen molar-refractivity contribution in [1.82, 2.24) is 5.32 Å². The largest absolute Gasteiger partial charge is 0.433 e. The fraction of sp³-hybridized carbons (Fsp3) is 0.600. The lowest BCUT2D eigenvalue weighted by molar-refractivity contribution is -0.0495. The number of ether oxygens (including phenoxy) is 1. The summed E-state index contributed by atoms with van der Waals surface area (Å²) in [5.41, 5.74) is 0.760. The molecule has 1 unspecified atom stereocenters. The van der Waals surface area contributed by atoms with Crippen LogP contribution in [0.5, 0.6) is 5.75 Å². The molecule has 1 aromatic rings. The minimum Gasteiger partial charge on any atom is -0.433 e. The van der Waals surface area contributed by atoms with E-state index in [4.69, 9.17) is 0 Å². The van der Waals surface area contributed by atoms with Crippen LogP contribution in [-0.2, 0) is 0 Å². The molecule has 1 N–H and O–H groups in total. The van der Waals surface area contributed by atoms with Crippen molar-refractivity contribution in [2.45, 2.75) is 38.8 Å². The molecule has 1 aliphatic heterocycles. The Morgan fingerprint density at radius 3 is 2.95 bits per heavy atom. The normalized spacial score (nSPS) is 19.4. The molecule has 3 nitrogen and oxygen atoms in total. The van der Waals surface area contributed by atoms with E-state index in [2.05, 4.69) is 21.9 Å². The number of hydrogen-bond donors (Lipinski definition) is 1. The number of nitrogens with one attached hydrogen (secondary N) is 1. The highest BCUT2D eigenvalue weighted by atomic mass is 19.3. The average Bonchev–Trinajstić information content (AvgIpc) is 2.45. The molecule has 0 spiro atoms. The number of piperidine rings is 1. The summed E-state index contributed by atoms with van der Waals surface area (Å²) in [5, 5.41) is 3.50. The number of alkyl halides is 2. The summed E-state index contributed by atoms with van der Waals surface area (Å²) < 4.78 is 29.5. The maximum Gasteiger partial charge on any atom is 0.387 e. The van der Waals surface area contributed by atoms with E-state index in [1.807, 2.05) is 12.1 Å². The number of benzene rings is 1. The molecule has 20 heavy (non-hydrogen) atoms. The molecule has 1 saturated heterocycles. The zero-order valence-corrected chi connectivity index (χ0v) is 11.8. The number of halogens is 2. The van der Waals surface area contributed by atoms with E-state index >= 15 is 0 Å². The molecule has 2 rings (SSSR count). The Morgan fingerprint density at radius 2 is 2.20 bits per heavy atom. The van der Waals surface area contributed by atoms with E-state index in [0.717, 1.165) is 44.6 Å². The van der Waals surface area contributed by atoms with Crippen LogP contribution in [0.15, 0.2) is 24.3 Å². The zero-order valence-electron chi connectivity index (χ0n) is 11.8. The molecule has 0 radical (unpaired) electrons. The van der Waals surface area contributed by atoms with Gasteiger partial charge in [0.25, 0.3) is 0 Å². The molecule has 0 amide bonds. The Morgan fingerprint density at radius 1 is 1.40 bits per heavy atom. The summed E-state index contributed by atoms with van der Waals surface area (Å²) >= 11 is 0. The van der Waals surface area contributed by atoms with Gasteiger partial charge in [0.1, 0.15) is 5.75 Å². The molecule has 1 fully saturated rings. The molecular formula is C15H22F2N2O. The Bertz CT molecular complexity index is 415. The number of anilines is 1. The van der Waals surface area contributed by atoms with Crippen molar-refractivity contribution >= 4 is 5.69 Å². The van der Waals surface area contributed by atoms with Crippen LogP contribution in [0.4, 0.5) is 14.5 Å². The van der Waals surface area contributed by atoms with Crippen LogP contribution >= 0.6 is 0 Å². The highest BCUT2D eigenvalue weighted by molar-refractivity contribution is 5.58. The van der Waals surface area contributed by atoms with Crippen molar-refractivity contribution in [1.29, 1.82) is 0 Å². The van der Waals surface area contributed by atoms with Gasteiger partial charge in [0.15, 0.2) is 0 Å². The van der Waals surface area contributed by atoms with E-state index < -0.39 is 6.61 Å². The van der Waals surface area contributed by atoms with Crippen LogP contribution in [0.1, 0.15) is 26.2 Å². The van der Waals surface area contributed by atoms with Crippen LogP contribution in [0, 0.1) is 0 Å². The molecule has 1 aromatic carbocycles. The fourth-order valence-electron chi connectivity index (χ4n) is 2.63. The first-order valence-electron chi connectivity index (χ1n) is 7.23. The van der Waals surface area contributed by atoms with Gasteiger partial charge in [-0.05, 0) is 37.9 Å².